The summed E-state index contributed by atoms with van der Waals surface area (Å²) in [5.41, 5.74) is 6.26. The Labute approximate surface area is 242 Å². The number of rotatable bonds is 3. The smallest absolute Gasteiger partial charge is 1.00 e. The maximum absolute atomic E-state index is 10.6. The summed E-state index contributed by atoms with van der Waals surface area (Å²) in [6, 6.07) is 23.7. The molecule has 0 saturated heterocycles. The predicted molar refractivity (Wildman–Crippen MR) is 149 cm³/mol. The van der Waals surface area contributed by atoms with Crippen LogP contribution in [0.15, 0.2) is 91.4 Å². The molecule has 0 saturated carbocycles. The molecule has 5 nitrogen and oxygen atoms in total. The van der Waals surface area contributed by atoms with Crippen LogP contribution < -0.4 is 29.6 Å². The van der Waals surface area contributed by atoms with E-state index >= 15 is 0 Å². The Morgan fingerprint density at radius 3 is 1.94 bits per heavy atom. The summed E-state index contributed by atoms with van der Waals surface area (Å²) in [6.45, 7) is 0. The Bertz CT molecular complexity index is 1620. The predicted octanol–water partition coefficient (Wildman–Crippen LogP) is 4.16. The number of nitrogens with zero attached hydrogens (tertiary/aromatic N) is 2. The van der Waals surface area contributed by atoms with E-state index in [1.54, 1.807) is 0 Å². The van der Waals surface area contributed by atoms with E-state index in [-0.39, 0.29) is 31.0 Å². The number of nitrogens with one attached hydrogen (secondary N) is 1. The molecular formula is C29H27BrN3NaO2. The quantitative estimate of drug-likeness (QED) is 0.204. The van der Waals surface area contributed by atoms with Gasteiger partial charge in [-0.1, -0.05) is 52.3 Å². The number of alkyl halides is 1. The van der Waals surface area contributed by atoms with Crippen molar-refractivity contribution >= 4 is 61.2 Å². The molecule has 0 spiro atoms. The first kappa shape index (κ1) is 27.7. The zero-order valence-electron chi connectivity index (χ0n) is 21.6. The molecule has 0 amide bonds. The van der Waals surface area contributed by atoms with E-state index in [4.69, 9.17) is 0 Å². The number of fused-ring (bicyclic) bond motifs is 3. The van der Waals surface area contributed by atoms with E-state index in [1.165, 1.54) is 16.5 Å². The average Bonchev–Trinajstić information content (AvgIpc) is 3.63. The maximum atomic E-state index is 10.6. The van der Waals surface area contributed by atoms with Crippen molar-refractivity contribution in [1.82, 2.24) is 14.1 Å². The molecule has 1 N–H and O–H groups in total. The number of benzene rings is 3. The minimum atomic E-state index is 0. The van der Waals surface area contributed by atoms with Crippen LogP contribution in [-0.4, -0.2) is 26.7 Å². The molecule has 7 heteroatoms. The monoisotopic (exact) mass is 551 g/mol. The molecule has 6 rings (SSSR count). The third-order valence-corrected chi connectivity index (χ3v) is 6.61. The third kappa shape index (κ3) is 5.90. The molecule has 0 unspecified atom stereocenters. The summed E-state index contributed by atoms with van der Waals surface area (Å²) in [7, 11) is 4.04. The Kier molecular flexibility index (Phi) is 9.90. The van der Waals surface area contributed by atoms with Crippen molar-refractivity contribution in [3.05, 3.63) is 108 Å². The van der Waals surface area contributed by atoms with Crippen molar-refractivity contribution < 1.29 is 40.6 Å². The van der Waals surface area contributed by atoms with Gasteiger partial charge in [-0.2, -0.15) is 0 Å². The van der Waals surface area contributed by atoms with Crippen molar-refractivity contribution in [2.75, 3.05) is 0 Å². The van der Waals surface area contributed by atoms with E-state index in [1.807, 2.05) is 72.5 Å². The first-order chi connectivity index (χ1) is 17.1. The summed E-state index contributed by atoms with van der Waals surface area (Å²) in [6.07, 6.45) is 7.64. The number of hydrogen-bond donors (Lipinski definition) is 1. The van der Waals surface area contributed by atoms with Crippen molar-refractivity contribution in [1.29, 1.82) is 0 Å². The average molecular weight is 552 g/mol. The molecule has 3 aromatic carbocycles. The summed E-state index contributed by atoms with van der Waals surface area (Å²) >= 11 is 3.48. The minimum Gasteiger partial charge on any atom is -1.00 e. The largest absolute Gasteiger partial charge is 1.00 e. The van der Waals surface area contributed by atoms with Gasteiger partial charge in [-0.15, -0.1) is 0 Å². The number of hydrogen-bond acceptors (Lipinski definition) is 2. The van der Waals surface area contributed by atoms with Gasteiger partial charge in [-0.05, 0) is 42.0 Å². The van der Waals surface area contributed by atoms with Gasteiger partial charge in [0.25, 0.3) is 0 Å². The fraction of sp³-hybridized carbons (Fsp3) is 0.103. The molecule has 0 aliphatic heterocycles. The Balaban J connectivity index is 0.000000190. The van der Waals surface area contributed by atoms with Crippen LogP contribution in [0.25, 0.3) is 32.7 Å². The second-order valence-electron chi connectivity index (χ2n) is 8.14. The second-order valence-corrected chi connectivity index (χ2v) is 8.70. The van der Waals surface area contributed by atoms with Gasteiger partial charge < -0.3 is 15.5 Å². The zero-order chi connectivity index (χ0) is 24.8. The van der Waals surface area contributed by atoms with Gasteiger partial charge in [0, 0.05) is 81.9 Å². The number of carbonyl (C=O) groups is 2. The molecule has 178 valence electrons. The van der Waals surface area contributed by atoms with Gasteiger partial charge in [0.2, 0.25) is 0 Å². The summed E-state index contributed by atoms with van der Waals surface area (Å²) in [5, 5.41) is 4.28. The van der Waals surface area contributed by atoms with Gasteiger partial charge in [0.15, 0.2) is 12.6 Å². The van der Waals surface area contributed by atoms with E-state index in [0.29, 0.717) is 0 Å². The van der Waals surface area contributed by atoms with Gasteiger partial charge in [0.05, 0.1) is 0 Å². The van der Waals surface area contributed by atoms with Gasteiger partial charge in [-0.3, -0.25) is 9.59 Å². The summed E-state index contributed by atoms with van der Waals surface area (Å²) in [4.78, 5) is 24.2. The SMILES string of the molecule is Cn1ccc2c(C=O)cccc21.Cn1ccc2c(CBr)cccc21.O=Cc1cccc2[nH]ccc12.[H-].[Na+]. The van der Waals surface area contributed by atoms with Crippen LogP contribution in [0.4, 0.5) is 0 Å². The van der Waals surface area contributed by atoms with Crippen LogP contribution in [0.5, 0.6) is 0 Å². The molecule has 0 bridgehead atoms. The molecule has 0 aliphatic carbocycles. The van der Waals surface area contributed by atoms with Crippen LogP contribution in [0.3, 0.4) is 0 Å². The molecular weight excluding hydrogens is 525 g/mol. The first-order valence-electron chi connectivity index (χ1n) is 11.2. The van der Waals surface area contributed by atoms with Crippen LogP contribution in [0.2, 0.25) is 0 Å². The third-order valence-electron chi connectivity index (χ3n) is 6.01. The molecule has 0 atom stereocenters. The normalized spacial score (nSPS) is 10.2. The number of halogens is 1. The van der Waals surface area contributed by atoms with Crippen molar-refractivity contribution in [3.63, 3.8) is 0 Å². The fourth-order valence-corrected chi connectivity index (χ4v) is 4.61. The molecule has 0 fully saturated rings. The number of carbonyl (C=O) groups excluding carboxylic acids is 2. The summed E-state index contributed by atoms with van der Waals surface area (Å²) in [5.74, 6) is 0. The van der Waals surface area contributed by atoms with Crippen molar-refractivity contribution in [2.45, 2.75) is 5.33 Å². The Hall–Kier alpha value is -2.90. The molecule has 3 aromatic heterocycles. The number of aryl methyl sites for hydroxylation is 2. The van der Waals surface area contributed by atoms with E-state index in [2.05, 4.69) is 63.0 Å². The molecule has 0 radical (unpaired) electrons. The minimum absolute atomic E-state index is 0. The number of H-pyrrole nitrogens is 1. The topological polar surface area (TPSA) is 59.8 Å². The molecule has 6 aromatic rings. The number of aldehydes is 2. The van der Waals surface area contributed by atoms with Gasteiger partial charge >= 0.3 is 29.6 Å². The van der Waals surface area contributed by atoms with Crippen LogP contribution in [-0.2, 0) is 19.4 Å². The van der Waals surface area contributed by atoms with Crippen molar-refractivity contribution in [2.24, 2.45) is 14.1 Å². The standard InChI is InChI=1S/C10H10BrN.C10H9NO.C9H7NO.Na.H/c1-12-6-5-9-8(7-11)3-2-4-10(9)12;1-11-6-5-9-8(7-12)3-2-4-10(9)11;11-6-7-2-1-3-9-8(7)4-5-10-9;;/h2-6H,7H2,1H3;2-7H,1H3;1-6,10H;;/q;;;+1;-1. The van der Waals surface area contributed by atoms with Crippen LogP contribution in [0, 0.1) is 0 Å². The summed E-state index contributed by atoms with van der Waals surface area (Å²) < 4.78 is 4.14. The van der Waals surface area contributed by atoms with Crippen LogP contribution >= 0.6 is 15.9 Å². The van der Waals surface area contributed by atoms with Crippen LogP contribution in [0.1, 0.15) is 27.7 Å². The second kappa shape index (κ2) is 12.9. The fourth-order valence-electron chi connectivity index (χ4n) is 4.12. The Morgan fingerprint density at radius 1 is 0.750 bits per heavy atom. The van der Waals surface area contributed by atoms with E-state index < -0.39 is 0 Å². The first-order valence-corrected chi connectivity index (χ1v) is 12.3. The van der Waals surface area contributed by atoms with Gasteiger partial charge in [0.1, 0.15) is 0 Å². The Morgan fingerprint density at radius 2 is 1.31 bits per heavy atom. The number of aromatic nitrogens is 3. The van der Waals surface area contributed by atoms with Crippen molar-refractivity contribution in [3.8, 4) is 0 Å². The van der Waals surface area contributed by atoms with E-state index in [9.17, 15) is 9.59 Å². The molecule has 0 aliphatic rings. The molecule has 3 heterocycles. The maximum Gasteiger partial charge on any atom is 1.00 e. The molecule has 36 heavy (non-hydrogen) atoms. The zero-order valence-corrected chi connectivity index (χ0v) is 24.2. The van der Waals surface area contributed by atoms with Gasteiger partial charge in [-0.25, -0.2) is 0 Å². The number of aromatic amines is 1. The van der Waals surface area contributed by atoms with E-state index in [0.717, 1.165) is 50.8 Å².